The van der Waals surface area contributed by atoms with Gasteiger partial charge in [-0.25, -0.2) is 0 Å². The van der Waals surface area contributed by atoms with Gasteiger partial charge >= 0.3 is 0 Å². The quantitative estimate of drug-likeness (QED) is 0.798. The minimum absolute atomic E-state index is 0.0925. The molecule has 1 aromatic carbocycles. The Bertz CT molecular complexity index is 416. The van der Waals surface area contributed by atoms with Crippen LogP contribution in [0.15, 0.2) is 30.3 Å². The van der Waals surface area contributed by atoms with E-state index in [9.17, 15) is 4.79 Å². The standard InChI is InChI=1S/C17H26N2O2/c1-2-10-19(13-15-7-4-3-5-8-15)14-17(20)18-12-16-9-6-11-21-16/h3-5,7-8,16H,2,6,9-14H2,1H3,(H,18,20). The summed E-state index contributed by atoms with van der Waals surface area (Å²) >= 11 is 0. The van der Waals surface area contributed by atoms with Crippen molar-refractivity contribution >= 4 is 5.91 Å². The molecule has 4 heteroatoms. The number of ether oxygens (including phenoxy) is 1. The second-order valence-electron chi connectivity index (χ2n) is 5.64. The molecule has 2 rings (SSSR count). The molecule has 116 valence electrons. The maximum Gasteiger partial charge on any atom is 0.234 e. The van der Waals surface area contributed by atoms with E-state index in [4.69, 9.17) is 4.74 Å². The van der Waals surface area contributed by atoms with Crippen LogP contribution in [0.25, 0.3) is 0 Å². The third-order valence-corrected chi connectivity index (χ3v) is 3.71. The highest BCUT2D eigenvalue weighted by Gasteiger charge is 2.17. The van der Waals surface area contributed by atoms with Gasteiger partial charge in [0.05, 0.1) is 12.6 Å². The van der Waals surface area contributed by atoms with Crippen LogP contribution in [0.2, 0.25) is 0 Å². The molecule has 0 bridgehead atoms. The molecule has 1 amide bonds. The molecule has 0 aliphatic carbocycles. The van der Waals surface area contributed by atoms with Crippen molar-refractivity contribution in [2.75, 3.05) is 26.2 Å². The third-order valence-electron chi connectivity index (χ3n) is 3.71. The Morgan fingerprint density at radius 3 is 2.86 bits per heavy atom. The number of amides is 1. The van der Waals surface area contributed by atoms with Crippen LogP contribution in [-0.4, -0.2) is 43.2 Å². The first kappa shape index (κ1) is 16.0. The molecule has 1 aliphatic rings. The molecule has 1 heterocycles. The normalized spacial score (nSPS) is 18.1. The molecule has 4 nitrogen and oxygen atoms in total. The second kappa shape index (κ2) is 8.80. The first-order valence-electron chi connectivity index (χ1n) is 7.92. The van der Waals surface area contributed by atoms with Gasteiger partial charge in [0, 0.05) is 19.7 Å². The monoisotopic (exact) mass is 290 g/mol. The minimum Gasteiger partial charge on any atom is -0.376 e. The van der Waals surface area contributed by atoms with Crippen molar-refractivity contribution in [3.05, 3.63) is 35.9 Å². The number of carbonyl (C=O) groups excluding carboxylic acids is 1. The smallest absolute Gasteiger partial charge is 0.234 e. The van der Waals surface area contributed by atoms with Gasteiger partial charge in [0.1, 0.15) is 0 Å². The van der Waals surface area contributed by atoms with Gasteiger partial charge in [0.15, 0.2) is 0 Å². The summed E-state index contributed by atoms with van der Waals surface area (Å²) in [6.45, 7) is 5.82. The molecule has 1 N–H and O–H groups in total. The predicted molar refractivity (Wildman–Crippen MR) is 84.0 cm³/mol. The summed E-state index contributed by atoms with van der Waals surface area (Å²) in [5.41, 5.74) is 1.25. The summed E-state index contributed by atoms with van der Waals surface area (Å²) in [7, 11) is 0. The highest BCUT2D eigenvalue weighted by molar-refractivity contribution is 5.78. The van der Waals surface area contributed by atoms with Gasteiger partial charge in [0.2, 0.25) is 5.91 Å². The average Bonchev–Trinajstić information content (AvgIpc) is 3.00. The maximum atomic E-state index is 12.1. The molecule has 1 unspecified atom stereocenters. The zero-order valence-corrected chi connectivity index (χ0v) is 12.9. The summed E-state index contributed by atoms with van der Waals surface area (Å²) in [6.07, 6.45) is 3.42. The number of nitrogens with one attached hydrogen (secondary N) is 1. The number of hydrogen-bond acceptors (Lipinski definition) is 3. The Balaban J connectivity index is 1.76. The van der Waals surface area contributed by atoms with Crippen molar-refractivity contribution in [1.29, 1.82) is 0 Å². The van der Waals surface area contributed by atoms with Crippen molar-refractivity contribution in [2.45, 2.75) is 38.8 Å². The zero-order chi connectivity index (χ0) is 14.9. The van der Waals surface area contributed by atoms with E-state index in [0.717, 1.165) is 39.0 Å². The second-order valence-corrected chi connectivity index (χ2v) is 5.64. The van der Waals surface area contributed by atoms with E-state index in [1.807, 2.05) is 18.2 Å². The molecule has 1 aliphatic heterocycles. The fourth-order valence-electron chi connectivity index (χ4n) is 2.66. The van der Waals surface area contributed by atoms with Crippen molar-refractivity contribution in [1.82, 2.24) is 10.2 Å². The maximum absolute atomic E-state index is 12.1. The van der Waals surface area contributed by atoms with Crippen LogP contribution >= 0.6 is 0 Å². The number of carbonyl (C=O) groups is 1. The molecule has 0 aromatic heterocycles. The molecule has 0 spiro atoms. The van der Waals surface area contributed by atoms with Gasteiger partial charge in [-0.15, -0.1) is 0 Å². The van der Waals surface area contributed by atoms with E-state index in [0.29, 0.717) is 13.1 Å². The summed E-state index contributed by atoms with van der Waals surface area (Å²) < 4.78 is 5.52. The van der Waals surface area contributed by atoms with Crippen LogP contribution in [0.1, 0.15) is 31.7 Å². The fourth-order valence-corrected chi connectivity index (χ4v) is 2.66. The number of nitrogens with zero attached hydrogens (tertiary/aromatic N) is 1. The first-order chi connectivity index (χ1) is 10.3. The molecule has 0 saturated carbocycles. The lowest BCUT2D eigenvalue weighted by molar-refractivity contribution is -0.122. The Kier molecular flexibility index (Phi) is 6.70. The van der Waals surface area contributed by atoms with E-state index < -0.39 is 0 Å². The van der Waals surface area contributed by atoms with E-state index >= 15 is 0 Å². The molecular weight excluding hydrogens is 264 g/mol. The summed E-state index contributed by atoms with van der Waals surface area (Å²) in [5, 5.41) is 2.99. The van der Waals surface area contributed by atoms with Crippen LogP contribution < -0.4 is 5.32 Å². The highest BCUT2D eigenvalue weighted by Crippen LogP contribution is 2.10. The number of hydrogen-bond donors (Lipinski definition) is 1. The topological polar surface area (TPSA) is 41.6 Å². The molecule has 1 saturated heterocycles. The van der Waals surface area contributed by atoms with Gasteiger partial charge in [-0.05, 0) is 31.4 Å². The van der Waals surface area contributed by atoms with Crippen LogP contribution in [0.4, 0.5) is 0 Å². The third kappa shape index (κ3) is 5.86. The molecular formula is C17H26N2O2. The first-order valence-corrected chi connectivity index (χ1v) is 7.92. The van der Waals surface area contributed by atoms with Crippen molar-refractivity contribution in [3.63, 3.8) is 0 Å². The molecule has 21 heavy (non-hydrogen) atoms. The lowest BCUT2D eigenvalue weighted by Crippen LogP contribution is -2.40. The van der Waals surface area contributed by atoms with Crippen LogP contribution in [0.3, 0.4) is 0 Å². The van der Waals surface area contributed by atoms with Gasteiger partial charge in [-0.1, -0.05) is 37.3 Å². The largest absolute Gasteiger partial charge is 0.376 e. The van der Waals surface area contributed by atoms with Gasteiger partial charge < -0.3 is 10.1 Å². The van der Waals surface area contributed by atoms with E-state index in [1.165, 1.54) is 5.56 Å². The Morgan fingerprint density at radius 2 is 2.19 bits per heavy atom. The van der Waals surface area contributed by atoms with E-state index in [1.54, 1.807) is 0 Å². The predicted octanol–water partition coefficient (Wildman–Crippen LogP) is 2.19. The van der Waals surface area contributed by atoms with Crippen LogP contribution in [0, 0.1) is 0 Å². The molecule has 1 fully saturated rings. The Labute approximate surface area is 127 Å². The van der Waals surface area contributed by atoms with E-state index in [2.05, 4.69) is 29.3 Å². The van der Waals surface area contributed by atoms with Gasteiger partial charge in [-0.3, -0.25) is 9.69 Å². The zero-order valence-electron chi connectivity index (χ0n) is 12.9. The number of rotatable bonds is 8. The summed E-state index contributed by atoms with van der Waals surface area (Å²) in [4.78, 5) is 14.3. The van der Waals surface area contributed by atoms with E-state index in [-0.39, 0.29) is 12.0 Å². The number of benzene rings is 1. The summed E-state index contributed by atoms with van der Waals surface area (Å²) in [6, 6.07) is 10.3. The average molecular weight is 290 g/mol. The highest BCUT2D eigenvalue weighted by atomic mass is 16.5. The molecule has 1 aromatic rings. The lowest BCUT2D eigenvalue weighted by Gasteiger charge is -2.21. The van der Waals surface area contributed by atoms with Crippen molar-refractivity contribution in [3.8, 4) is 0 Å². The van der Waals surface area contributed by atoms with Gasteiger partial charge in [0.25, 0.3) is 0 Å². The molecule has 0 radical (unpaired) electrons. The van der Waals surface area contributed by atoms with Crippen LogP contribution in [-0.2, 0) is 16.1 Å². The van der Waals surface area contributed by atoms with Gasteiger partial charge in [-0.2, -0.15) is 0 Å². The Hall–Kier alpha value is -1.39. The lowest BCUT2D eigenvalue weighted by atomic mass is 10.2. The fraction of sp³-hybridized carbons (Fsp3) is 0.588. The Morgan fingerprint density at radius 1 is 1.38 bits per heavy atom. The SMILES string of the molecule is CCCN(CC(=O)NCC1CCCO1)Cc1ccccc1. The van der Waals surface area contributed by atoms with Crippen molar-refractivity contribution in [2.24, 2.45) is 0 Å². The minimum atomic E-state index is 0.0925. The molecule has 1 atom stereocenters. The van der Waals surface area contributed by atoms with Crippen molar-refractivity contribution < 1.29 is 9.53 Å². The van der Waals surface area contributed by atoms with Crippen LogP contribution in [0.5, 0.6) is 0 Å². The summed E-state index contributed by atoms with van der Waals surface area (Å²) in [5.74, 6) is 0.0925.